The molecule has 2 aromatic carbocycles. The summed E-state index contributed by atoms with van der Waals surface area (Å²) in [6.07, 6.45) is 1.75. The van der Waals surface area contributed by atoms with Gasteiger partial charge in [-0.2, -0.15) is 0 Å². The van der Waals surface area contributed by atoms with Crippen molar-refractivity contribution < 1.29 is 9.53 Å². The molecule has 0 spiro atoms. The maximum Gasteiger partial charge on any atom is 0.251 e. The van der Waals surface area contributed by atoms with Gasteiger partial charge < -0.3 is 15.0 Å². The molecule has 3 aromatic rings. The summed E-state index contributed by atoms with van der Waals surface area (Å²) < 4.78 is 7.75. The zero-order valence-electron chi connectivity index (χ0n) is 18.3. The van der Waals surface area contributed by atoms with Crippen LogP contribution < -0.4 is 10.1 Å². The Morgan fingerprint density at radius 1 is 1.10 bits per heavy atom. The second kappa shape index (κ2) is 10.2. The highest BCUT2D eigenvalue weighted by Crippen LogP contribution is 2.17. The van der Waals surface area contributed by atoms with Gasteiger partial charge in [-0.05, 0) is 88.4 Å². The smallest absolute Gasteiger partial charge is 0.251 e. The molecule has 7 nitrogen and oxygen atoms in total. The van der Waals surface area contributed by atoms with Crippen molar-refractivity contribution in [1.29, 1.82) is 0 Å². The third kappa shape index (κ3) is 5.79. The van der Waals surface area contributed by atoms with Gasteiger partial charge in [-0.15, -0.1) is 5.10 Å². The molecule has 0 aliphatic carbocycles. The molecule has 1 aromatic heterocycles. The van der Waals surface area contributed by atoms with Gasteiger partial charge in [0.25, 0.3) is 5.91 Å². The molecule has 30 heavy (non-hydrogen) atoms. The molecule has 0 saturated heterocycles. The van der Waals surface area contributed by atoms with Crippen molar-refractivity contribution in [2.45, 2.75) is 33.2 Å². The lowest BCUT2D eigenvalue weighted by molar-refractivity contribution is 0.0952. The number of fused-ring (bicyclic) bond motifs is 1. The molecule has 1 N–H and O–H groups in total. The molecule has 0 bridgehead atoms. The fourth-order valence-corrected chi connectivity index (χ4v) is 3.19. The number of nitrogens with zero attached hydrogens (tertiary/aromatic N) is 4. The second-order valence-corrected chi connectivity index (χ2v) is 7.88. The molecule has 3 rings (SSSR count). The van der Waals surface area contributed by atoms with Crippen LogP contribution in [0.4, 0.5) is 0 Å². The van der Waals surface area contributed by atoms with Crippen molar-refractivity contribution in [2.24, 2.45) is 0 Å². The van der Waals surface area contributed by atoms with Crippen molar-refractivity contribution >= 4 is 16.9 Å². The summed E-state index contributed by atoms with van der Waals surface area (Å²) in [7, 11) is 4.05. The van der Waals surface area contributed by atoms with Crippen molar-refractivity contribution in [3.63, 3.8) is 0 Å². The van der Waals surface area contributed by atoms with E-state index in [2.05, 4.69) is 46.5 Å². The number of aromatic nitrogens is 3. The fourth-order valence-electron chi connectivity index (χ4n) is 3.19. The van der Waals surface area contributed by atoms with E-state index in [0.717, 1.165) is 42.7 Å². The number of amides is 1. The zero-order chi connectivity index (χ0) is 21.5. The van der Waals surface area contributed by atoms with Crippen molar-refractivity contribution in [3.05, 3.63) is 53.1 Å². The van der Waals surface area contributed by atoms with Crippen LogP contribution in [0, 0.1) is 13.8 Å². The van der Waals surface area contributed by atoms with Crippen LogP contribution in [0.3, 0.4) is 0 Å². The number of carbonyl (C=O) groups is 1. The average Bonchev–Trinajstić information content (AvgIpc) is 3.10. The second-order valence-electron chi connectivity index (χ2n) is 7.88. The van der Waals surface area contributed by atoms with Crippen LogP contribution in [0.25, 0.3) is 11.0 Å². The number of carbonyl (C=O) groups excluding carboxylic acids is 1. The Hall–Kier alpha value is -2.93. The average molecular weight is 410 g/mol. The maximum absolute atomic E-state index is 12.2. The normalized spacial score (nSPS) is 11.2. The van der Waals surface area contributed by atoms with E-state index < -0.39 is 0 Å². The first-order valence-corrected chi connectivity index (χ1v) is 10.4. The largest absolute Gasteiger partial charge is 0.494 e. The van der Waals surface area contributed by atoms with Gasteiger partial charge in [0, 0.05) is 25.1 Å². The predicted octanol–water partition coefficient (Wildman–Crippen LogP) is 3.20. The van der Waals surface area contributed by atoms with E-state index in [0.29, 0.717) is 18.7 Å². The van der Waals surface area contributed by atoms with Crippen LogP contribution in [-0.4, -0.2) is 59.6 Å². The van der Waals surface area contributed by atoms with Crippen LogP contribution in [0.5, 0.6) is 5.75 Å². The summed E-state index contributed by atoms with van der Waals surface area (Å²) in [4.78, 5) is 14.3. The predicted molar refractivity (Wildman–Crippen MR) is 119 cm³/mol. The van der Waals surface area contributed by atoms with E-state index in [1.165, 1.54) is 11.1 Å². The van der Waals surface area contributed by atoms with Gasteiger partial charge in [-0.3, -0.25) is 4.79 Å². The van der Waals surface area contributed by atoms with Crippen molar-refractivity contribution in [2.75, 3.05) is 33.8 Å². The van der Waals surface area contributed by atoms with Crippen LogP contribution in [0.2, 0.25) is 0 Å². The minimum Gasteiger partial charge on any atom is -0.494 e. The van der Waals surface area contributed by atoms with Crippen LogP contribution in [0.15, 0.2) is 36.4 Å². The molecular formula is C23H31N5O2. The Bertz CT molecular complexity index is 979. The summed E-state index contributed by atoms with van der Waals surface area (Å²) in [5.41, 5.74) is 5.09. The molecule has 1 heterocycles. The first-order chi connectivity index (χ1) is 14.4. The third-order valence-electron chi connectivity index (χ3n) is 5.10. The summed E-state index contributed by atoms with van der Waals surface area (Å²) in [6, 6.07) is 11.5. The highest BCUT2D eigenvalue weighted by Gasteiger charge is 2.07. The topological polar surface area (TPSA) is 72.3 Å². The number of ether oxygens (including phenoxy) is 1. The SMILES string of the molecule is Cc1cc2nnn(CCCOc3ccc(C(=O)NCCCN(C)C)cc3)c2cc1C. The van der Waals surface area contributed by atoms with Gasteiger partial charge in [0.2, 0.25) is 0 Å². The lowest BCUT2D eigenvalue weighted by Crippen LogP contribution is -2.27. The van der Waals surface area contributed by atoms with Gasteiger partial charge >= 0.3 is 0 Å². The third-order valence-corrected chi connectivity index (χ3v) is 5.10. The Labute approximate surface area is 178 Å². The van der Waals surface area contributed by atoms with E-state index in [1.54, 1.807) is 12.1 Å². The molecule has 0 unspecified atom stereocenters. The quantitative estimate of drug-likeness (QED) is 0.521. The lowest BCUT2D eigenvalue weighted by Gasteiger charge is -2.10. The number of aryl methyl sites for hydroxylation is 3. The summed E-state index contributed by atoms with van der Waals surface area (Å²) in [5.74, 6) is 0.706. The van der Waals surface area contributed by atoms with E-state index in [4.69, 9.17) is 4.74 Å². The number of hydrogen-bond donors (Lipinski definition) is 1. The van der Waals surface area contributed by atoms with Crippen LogP contribution in [0.1, 0.15) is 34.3 Å². The Morgan fingerprint density at radius 2 is 1.83 bits per heavy atom. The number of benzene rings is 2. The lowest BCUT2D eigenvalue weighted by atomic mass is 10.1. The van der Waals surface area contributed by atoms with Gasteiger partial charge in [0.15, 0.2) is 0 Å². The molecule has 160 valence electrons. The number of nitrogens with one attached hydrogen (secondary N) is 1. The highest BCUT2D eigenvalue weighted by atomic mass is 16.5. The van der Waals surface area contributed by atoms with E-state index >= 15 is 0 Å². The molecule has 7 heteroatoms. The van der Waals surface area contributed by atoms with Gasteiger partial charge in [0.05, 0.1) is 12.1 Å². The van der Waals surface area contributed by atoms with Crippen molar-refractivity contribution in [3.8, 4) is 5.75 Å². The first-order valence-electron chi connectivity index (χ1n) is 10.4. The van der Waals surface area contributed by atoms with E-state index in [9.17, 15) is 4.79 Å². The number of hydrogen-bond acceptors (Lipinski definition) is 5. The first kappa shape index (κ1) is 21.8. The molecule has 0 atom stereocenters. The summed E-state index contributed by atoms with van der Waals surface area (Å²) >= 11 is 0. The van der Waals surface area contributed by atoms with Gasteiger partial charge in [-0.25, -0.2) is 4.68 Å². The van der Waals surface area contributed by atoms with E-state index in [1.807, 2.05) is 30.9 Å². The van der Waals surface area contributed by atoms with E-state index in [-0.39, 0.29) is 5.91 Å². The van der Waals surface area contributed by atoms with Crippen LogP contribution >= 0.6 is 0 Å². The monoisotopic (exact) mass is 409 g/mol. The Morgan fingerprint density at radius 3 is 2.57 bits per heavy atom. The maximum atomic E-state index is 12.2. The molecule has 0 aliphatic heterocycles. The Kier molecular flexibility index (Phi) is 7.41. The summed E-state index contributed by atoms with van der Waals surface area (Å²) in [6.45, 7) is 7.13. The molecule has 0 saturated carbocycles. The molecule has 1 amide bonds. The molecule has 0 radical (unpaired) electrons. The summed E-state index contributed by atoms with van der Waals surface area (Å²) in [5, 5.41) is 11.4. The Balaban J connectivity index is 1.43. The zero-order valence-corrected chi connectivity index (χ0v) is 18.3. The standard InChI is InChI=1S/C23H31N5O2/c1-17-15-21-22(16-18(17)2)28(26-25-21)13-6-14-30-20-9-7-19(8-10-20)23(29)24-11-5-12-27(3)4/h7-10,15-16H,5-6,11-14H2,1-4H3,(H,24,29). The van der Waals surface area contributed by atoms with Crippen molar-refractivity contribution in [1.82, 2.24) is 25.2 Å². The van der Waals surface area contributed by atoms with Gasteiger partial charge in [0.1, 0.15) is 11.3 Å². The van der Waals surface area contributed by atoms with Gasteiger partial charge in [-0.1, -0.05) is 5.21 Å². The molecular weight excluding hydrogens is 378 g/mol. The fraction of sp³-hybridized carbons (Fsp3) is 0.435. The minimum atomic E-state index is -0.0519. The minimum absolute atomic E-state index is 0.0519. The number of rotatable bonds is 10. The molecule has 0 aliphatic rings. The van der Waals surface area contributed by atoms with Crippen LogP contribution in [-0.2, 0) is 6.54 Å². The highest BCUT2D eigenvalue weighted by molar-refractivity contribution is 5.94. The molecule has 0 fully saturated rings.